The summed E-state index contributed by atoms with van der Waals surface area (Å²) in [6, 6.07) is 7.41. The van der Waals surface area contributed by atoms with Gasteiger partial charge in [0.25, 0.3) is 5.89 Å². The molecule has 2 N–H and O–H groups in total. The van der Waals surface area contributed by atoms with Crippen molar-refractivity contribution in [3.8, 4) is 34.4 Å². The van der Waals surface area contributed by atoms with Gasteiger partial charge in [0.05, 0.1) is 30.7 Å². The molecule has 1 aliphatic rings. The Balaban J connectivity index is 1.34. The molecule has 0 radical (unpaired) electrons. The van der Waals surface area contributed by atoms with Crippen molar-refractivity contribution >= 4 is 5.97 Å². The van der Waals surface area contributed by atoms with E-state index in [0.29, 0.717) is 28.9 Å². The summed E-state index contributed by atoms with van der Waals surface area (Å²) in [5.41, 5.74) is -0.889. The molecule has 11 nitrogen and oxygen atoms in total. The van der Waals surface area contributed by atoms with Crippen molar-refractivity contribution in [2.45, 2.75) is 38.5 Å². The highest BCUT2D eigenvalue weighted by Crippen LogP contribution is 2.38. The first-order valence-corrected chi connectivity index (χ1v) is 13.5. The Morgan fingerprint density at radius 2 is 2.00 bits per heavy atom. The van der Waals surface area contributed by atoms with Crippen molar-refractivity contribution in [1.82, 2.24) is 29.8 Å². The Labute approximate surface area is 242 Å². The number of hydrogen-bond acceptors (Lipinski definition) is 9. The van der Waals surface area contributed by atoms with Crippen LogP contribution in [0.1, 0.15) is 43.5 Å². The number of carbonyl (C=O) groups is 1. The highest BCUT2D eigenvalue weighted by molar-refractivity contribution is 5.67. The number of alkyl halides is 3. The van der Waals surface area contributed by atoms with E-state index in [1.165, 1.54) is 0 Å². The van der Waals surface area contributed by atoms with E-state index in [2.05, 4.69) is 20.2 Å². The second-order valence-electron chi connectivity index (χ2n) is 10.2. The number of piperidine rings is 1. The van der Waals surface area contributed by atoms with Gasteiger partial charge in [-0.15, -0.1) is 0 Å². The summed E-state index contributed by atoms with van der Waals surface area (Å²) in [4.78, 5) is 21.0. The summed E-state index contributed by atoms with van der Waals surface area (Å²) < 4.78 is 67.8. The van der Waals surface area contributed by atoms with Crippen LogP contribution in [-0.4, -0.2) is 72.2 Å². The van der Waals surface area contributed by atoms with Crippen molar-refractivity contribution < 1.29 is 41.8 Å². The van der Waals surface area contributed by atoms with Gasteiger partial charge in [-0.25, -0.2) is 14.1 Å². The van der Waals surface area contributed by atoms with Gasteiger partial charge in [0.15, 0.2) is 17.3 Å². The number of ether oxygens (including phenoxy) is 1. The highest BCUT2D eigenvalue weighted by Gasteiger charge is 2.41. The minimum atomic E-state index is -4.98. The monoisotopic (exact) mass is 604 g/mol. The van der Waals surface area contributed by atoms with Crippen LogP contribution in [0.2, 0.25) is 0 Å². The number of carboxylic acids is 1. The number of rotatable bonds is 10. The molecule has 0 bridgehead atoms. The van der Waals surface area contributed by atoms with E-state index in [-0.39, 0.29) is 30.5 Å². The molecule has 0 amide bonds. The summed E-state index contributed by atoms with van der Waals surface area (Å²) in [6.07, 6.45) is -2.10. The fraction of sp³-hybridized carbons (Fsp3) is 0.393. The molecule has 0 saturated carbocycles. The Hall–Kier alpha value is -4.37. The lowest BCUT2D eigenvalue weighted by atomic mass is 9.94. The number of nitrogens with zero attached hydrogens (tertiary/aromatic N) is 6. The van der Waals surface area contributed by atoms with Crippen molar-refractivity contribution in [1.29, 1.82) is 0 Å². The molecule has 5 rings (SSSR count). The van der Waals surface area contributed by atoms with Crippen LogP contribution in [0.25, 0.3) is 28.7 Å². The van der Waals surface area contributed by atoms with Gasteiger partial charge >= 0.3 is 12.1 Å². The topological polar surface area (TPSA) is 140 Å². The zero-order valence-corrected chi connectivity index (χ0v) is 23.0. The van der Waals surface area contributed by atoms with Crippen LogP contribution in [0.3, 0.4) is 0 Å². The lowest BCUT2D eigenvalue weighted by Gasteiger charge is -2.33. The summed E-state index contributed by atoms with van der Waals surface area (Å²) in [7, 11) is 0. The number of hydrogen-bond donors (Lipinski definition) is 2. The van der Waals surface area contributed by atoms with Gasteiger partial charge < -0.3 is 24.4 Å². The molecule has 4 aromatic rings. The van der Waals surface area contributed by atoms with E-state index < -0.39 is 47.0 Å². The van der Waals surface area contributed by atoms with Crippen LogP contribution < -0.4 is 4.74 Å². The minimum absolute atomic E-state index is 0.00479. The molecule has 228 valence electrons. The maximum Gasteiger partial charge on any atom is 0.434 e. The number of likely N-dealkylation sites (tertiary alicyclic amines) is 1. The maximum absolute atomic E-state index is 14.7. The maximum atomic E-state index is 14.7. The summed E-state index contributed by atoms with van der Waals surface area (Å²) in [5, 5.41) is 27.3. The third kappa shape index (κ3) is 6.83. The molecule has 0 aliphatic carbocycles. The molecule has 4 heterocycles. The Kier molecular flexibility index (Phi) is 8.73. The Morgan fingerprint density at radius 1 is 1.23 bits per heavy atom. The minimum Gasteiger partial charge on any atom is -0.492 e. The average molecular weight is 605 g/mol. The number of pyridine rings is 1. The molecule has 1 fully saturated rings. The summed E-state index contributed by atoms with van der Waals surface area (Å²) in [6.45, 7) is 3.56. The van der Waals surface area contributed by atoms with Gasteiger partial charge in [-0.3, -0.25) is 4.79 Å². The van der Waals surface area contributed by atoms with E-state index in [9.17, 15) is 27.5 Å². The third-order valence-corrected chi connectivity index (χ3v) is 7.05. The number of aliphatic hydroxyl groups is 1. The SMILES string of the molecule is CCOc1cnc(-n2ncc(-c3nc(-c4ccc([C@@H](O)CN5CCC[C@H](CC(=O)O)C5)cc4)no3)c2C(F)(F)F)c(F)c1. The molecule has 43 heavy (non-hydrogen) atoms. The van der Waals surface area contributed by atoms with Crippen molar-refractivity contribution in [2.75, 3.05) is 26.2 Å². The van der Waals surface area contributed by atoms with E-state index in [4.69, 9.17) is 14.4 Å². The van der Waals surface area contributed by atoms with E-state index in [1.807, 2.05) is 4.90 Å². The lowest BCUT2D eigenvalue weighted by Crippen LogP contribution is -2.38. The zero-order valence-electron chi connectivity index (χ0n) is 23.0. The largest absolute Gasteiger partial charge is 0.492 e. The van der Waals surface area contributed by atoms with Gasteiger partial charge in [-0.2, -0.15) is 23.3 Å². The smallest absolute Gasteiger partial charge is 0.434 e. The number of aliphatic carboxylic acids is 1. The van der Waals surface area contributed by atoms with Crippen LogP contribution in [-0.2, 0) is 11.0 Å². The Morgan fingerprint density at radius 3 is 2.67 bits per heavy atom. The van der Waals surface area contributed by atoms with Crippen LogP contribution >= 0.6 is 0 Å². The van der Waals surface area contributed by atoms with Gasteiger partial charge in [-0.1, -0.05) is 29.4 Å². The Bertz CT molecular complexity index is 1570. The van der Waals surface area contributed by atoms with Crippen LogP contribution in [0.4, 0.5) is 17.6 Å². The number of halogens is 4. The molecular formula is C28H28F4N6O5. The van der Waals surface area contributed by atoms with Gasteiger partial charge in [-0.05, 0) is 37.8 Å². The molecular weight excluding hydrogens is 576 g/mol. The summed E-state index contributed by atoms with van der Waals surface area (Å²) >= 11 is 0. The molecule has 3 aromatic heterocycles. The molecule has 15 heteroatoms. The molecule has 0 unspecified atom stereocenters. The van der Waals surface area contributed by atoms with E-state index >= 15 is 0 Å². The first-order chi connectivity index (χ1) is 20.5. The number of aliphatic hydroxyl groups excluding tert-OH is 1. The van der Waals surface area contributed by atoms with Gasteiger partial charge in [0.2, 0.25) is 5.82 Å². The van der Waals surface area contributed by atoms with Crippen molar-refractivity contribution in [3.05, 3.63) is 59.8 Å². The number of benzene rings is 1. The molecule has 2 atom stereocenters. The van der Waals surface area contributed by atoms with Crippen LogP contribution in [0.5, 0.6) is 5.75 Å². The summed E-state index contributed by atoms with van der Waals surface area (Å²) in [5.74, 6) is -2.98. The molecule has 1 saturated heterocycles. The second-order valence-corrected chi connectivity index (χ2v) is 10.2. The quantitative estimate of drug-likeness (QED) is 0.244. The first kappa shape index (κ1) is 30.1. The second kappa shape index (κ2) is 12.5. The van der Waals surface area contributed by atoms with Crippen LogP contribution in [0, 0.1) is 11.7 Å². The molecule has 0 spiro atoms. The molecule has 1 aromatic carbocycles. The number of aromatic nitrogens is 5. The first-order valence-electron chi connectivity index (χ1n) is 13.5. The predicted molar refractivity (Wildman–Crippen MR) is 143 cm³/mol. The van der Waals surface area contributed by atoms with Gasteiger partial charge in [0.1, 0.15) is 5.75 Å². The standard InChI is InChI=1S/C28H28F4N6O5/c1-2-42-19-11-21(29)26(33-12-19)38-24(28(30,31)32)20(13-34-38)27-35-25(36-43-27)18-7-5-17(6-8-18)22(39)15-37-9-3-4-16(14-37)10-23(40)41/h5-8,11-13,16,22,39H,2-4,9-10,14-15H2,1H3,(H,40,41)/t16-,22+/m1/s1. The fourth-order valence-corrected chi connectivity index (χ4v) is 5.14. The van der Waals surface area contributed by atoms with E-state index in [0.717, 1.165) is 37.8 Å². The number of β-amino-alcohol motifs (C(OH)–C–C–N with tert-alkyl or cyclic N) is 1. The predicted octanol–water partition coefficient (Wildman–Crippen LogP) is 4.76. The average Bonchev–Trinajstić information content (AvgIpc) is 3.61. The third-order valence-electron chi connectivity index (χ3n) is 7.05. The fourth-order valence-electron chi connectivity index (χ4n) is 5.14. The van der Waals surface area contributed by atoms with Crippen LogP contribution in [0.15, 0.2) is 47.2 Å². The van der Waals surface area contributed by atoms with Gasteiger partial charge in [0, 0.05) is 31.1 Å². The highest BCUT2D eigenvalue weighted by atomic mass is 19.4. The van der Waals surface area contributed by atoms with E-state index in [1.54, 1.807) is 31.2 Å². The van der Waals surface area contributed by atoms with Crippen molar-refractivity contribution in [2.24, 2.45) is 5.92 Å². The van der Waals surface area contributed by atoms with Crippen molar-refractivity contribution in [3.63, 3.8) is 0 Å². The zero-order chi connectivity index (χ0) is 30.7. The number of carboxylic acid groups (broad SMARTS) is 1. The normalized spacial score (nSPS) is 16.7. The lowest BCUT2D eigenvalue weighted by molar-refractivity contribution is -0.142. The molecule has 1 aliphatic heterocycles.